The van der Waals surface area contributed by atoms with E-state index in [1.165, 1.54) is 5.69 Å². The quantitative estimate of drug-likeness (QED) is 0.726. The molecule has 26 heavy (non-hydrogen) atoms. The average Bonchev–Trinajstić information content (AvgIpc) is 2.68. The number of hydrogen-bond donors (Lipinski definition) is 0. The van der Waals surface area contributed by atoms with Gasteiger partial charge in [-0.25, -0.2) is 0 Å². The maximum Gasteiger partial charge on any atom is 0.222 e. The molecule has 1 fully saturated rings. The number of nitrogens with zero attached hydrogens (tertiary/aromatic N) is 3. The minimum atomic E-state index is 0.204. The topological polar surface area (TPSA) is 45.7 Å². The van der Waals surface area contributed by atoms with Gasteiger partial charge in [0.15, 0.2) is 0 Å². The van der Waals surface area contributed by atoms with Gasteiger partial charge in [-0.2, -0.15) is 0 Å². The second-order valence-electron chi connectivity index (χ2n) is 6.44. The molecule has 1 aromatic carbocycles. The number of carbonyl (C=O) groups excluding carboxylic acids is 1. The van der Waals surface area contributed by atoms with E-state index in [0.29, 0.717) is 19.4 Å². The van der Waals surface area contributed by atoms with Crippen LogP contribution in [0.15, 0.2) is 42.7 Å². The van der Waals surface area contributed by atoms with Gasteiger partial charge >= 0.3 is 0 Å². The Hall–Kier alpha value is -2.27. The van der Waals surface area contributed by atoms with Crippen molar-refractivity contribution in [3.63, 3.8) is 0 Å². The highest BCUT2D eigenvalue weighted by Crippen LogP contribution is 2.21. The number of rotatable bonds is 6. The van der Waals surface area contributed by atoms with Gasteiger partial charge in [-0.1, -0.05) is 11.6 Å². The van der Waals surface area contributed by atoms with Crippen molar-refractivity contribution in [1.82, 2.24) is 9.88 Å². The number of aryl methyl sites for hydroxylation is 1. The maximum absolute atomic E-state index is 12.4. The van der Waals surface area contributed by atoms with Gasteiger partial charge in [0.2, 0.25) is 5.91 Å². The van der Waals surface area contributed by atoms with E-state index in [-0.39, 0.29) is 5.91 Å². The predicted octanol–water partition coefficient (Wildman–Crippen LogP) is 3.55. The van der Waals surface area contributed by atoms with Crippen LogP contribution < -0.4 is 9.64 Å². The predicted molar refractivity (Wildman–Crippen MR) is 104 cm³/mol. The highest BCUT2D eigenvalue weighted by Gasteiger charge is 2.20. The fraction of sp³-hybridized carbons (Fsp3) is 0.400. The summed E-state index contributed by atoms with van der Waals surface area (Å²) in [5.41, 5.74) is 2.16. The highest BCUT2D eigenvalue weighted by molar-refractivity contribution is 6.31. The molecule has 0 saturated carbocycles. The Bertz CT molecular complexity index is 731. The third-order valence-corrected chi connectivity index (χ3v) is 5.02. The first-order chi connectivity index (χ1) is 12.6. The lowest BCUT2D eigenvalue weighted by molar-refractivity contribution is -0.131. The number of benzene rings is 1. The molecule has 2 heterocycles. The zero-order valence-corrected chi connectivity index (χ0v) is 15.8. The molecule has 1 aliphatic heterocycles. The Balaban J connectivity index is 1.37. The molecule has 5 nitrogen and oxygen atoms in total. The smallest absolute Gasteiger partial charge is 0.222 e. The standard InChI is InChI=1S/C20H24ClN3O2/c1-16-15-18(4-5-19(16)21)26-14-2-3-20(25)24-12-10-23(11-13-24)17-6-8-22-9-7-17/h4-9,15H,2-3,10-14H2,1H3. The van der Waals surface area contributed by atoms with Crippen molar-refractivity contribution >= 4 is 23.2 Å². The number of piperazine rings is 1. The summed E-state index contributed by atoms with van der Waals surface area (Å²) in [5.74, 6) is 1.00. The Labute approximate surface area is 159 Å². The largest absolute Gasteiger partial charge is 0.494 e. The lowest BCUT2D eigenvalue weighted by atomic mass is 10.2. The molecule has 0 aliphatic carbocycles. The van der Waals surface area contributed by atoms with Crippen LogP contribution in [0.3, 0.4) is 0 Å². The average molecular weight is 374 g/mol. The number of amides is 1. The van der Waals surface area contributed by atoms with E-state index in [1.54, 1.807) is 12.4 Å². The highest BCUT2D eigenvalue weighted by atomic mass is 35.5. The van der Waals surface area contributed by atoms with Gasteiger partial charge in [-0.05, 0) is 49.2 Å². The minimum Gasteiger partial charge on any atom is -0.494 e. The Morgan fingerprint density at radius 3 is 2.58 bits per heavy atom. The first-order valence-corrected chi connectivity index (χ1v) is 9.33. The van der Waals surface area contributed by atoms with E-state index in [2.05, 4.69) is 9.88 Å². The molecule has 0 unspecified atom stereocenters. The summed E-state index contributed by atoms with van der Waals surface area (Å²) in [6.07, 6.45) is 4.83. The van der Waals surface area contributed by atoms with Crippen molar-refractivity contribution in [2.24, 2.45) is 0 Å². The van der Waals surface area contributed by atoms with Crippen LogP contribution in [-0.4, -0.2) is 48.6 Å². The number of carbonyl (C=O) groups is 1. The summed E-state index contributed by atoms with van der Waals surface area (Å²) >= 11 is 6.01. The van der Waals surface area contributed by atoms with Crippen molar-refractivity contribution in [2.75, 3.05) is 37.7 Å². The van der Waals surface area contributed by atoms with E-state index >= 15 is 0 Å². The van der Waals surface area contributed by atoms with Crippen molar-refractivity contribution in [1.29, 1.82) is 0 Å². The van der Waals surface area contributed by atoms with Crippen LogP contribution in [0.2, 0.25) is 5.02 Å². The molecule has 1 saturated heterocycles. The number of halogens is 1. The van der Waals surface area contributed by atoms with Crippen LogP contribution in [-0.2, 0) is 4.79 Å². The molecule has 6 heteroatoms. The molecular weight excluding hydrogens is 350 g/mol. The number of aromatic nitrogens is 1. The third-order valence-electron chi connectivity index (χ3n) is 4.59. The Morgan fingerprint density at radius 1 is 1.15 bits per heavy atom. The van der Waals surface area contributed by atoms with Crippen LogP contribution in [0.1, 0.15) is 18.4 Å². The van der Waals surface area contributed by atoms with Crippen molar-refractivity contribution in [3.05, 3.63) is 53.3 Å². The monoisotopic (exact) mass is 373 g/mol. The molecule has 0 atom stereocenters. The fourth-order valence-corrected chi connectivity index (χ4v) is 3.16. The molecule has 0 spiro atoms. The van der Waals surface area contributed by atoms with Gasteiger partial charge < -0.3 is 14.5 Å². The van der Waals surface area contributed by atoms with E-state index in [4.69, 9.17) is 16.3 Å². The normalized spacial score (nSPS) is 14.4. The van der Waals surface area contributed by atoms with E-state index in [1.807, 2.05) is 42.2 Å². The summed E-state index contributed by atoms with van der Waals surface area (Å²) < 4.78 is 5.71. The second kappa shape index (κ2) is 8.90. The van der Waals surface area contributed by atoms with Crippen molar-refractivity contribution in [2.45, 2.75) is 19.8 Å². The fourth-order valence-electron chi connectivity index (χ4n) is 3.05. The number of anilines is 1. The maximum atomic E-state index is 12.4. The van der Waals surface area contributed by atoms with Gasteiger partial charge in [0, 0.05) is 55.7 Å². The summed E-state index contributed by atoms with van der Waals surface area (Å²) in [4.78, 5) is 20.7. The molecule has 0 bridgehead atoms. The summed E-state index contributed by atoms with van der Waals surface area (Å²) in [6, 6.07) is 9.62. The number of hydrogen-bond acceptors (Lipinski definition) is 4. The Morgan fingerprint density at radius 2 is 1.88 bits per heavy atom. The molecule has 1 aromatic heterocycles. The van der Waals surface area contributed by atoms with E-state index in [9.17, 15) is 4.79 Å². The summed E-state index contributed by atoms with van der Waals surface area (Å²) in [7, 11) is 0. The van der Waals surface area contributed by atoms with Gasteiger partial charge in [-0.15, -0.1) is 0 Å². The van der Waals surface area contributed by atoms with Crippen molar-refractivity contribution < 1.29 is 9.53 Å². The molecule has 2 aromatic rings. The van der Waals surface area contributed by atoms with Crippen LogP contribution in [0, 0.1) is 6.92 Å². The van der Waals surface area contributed by atoms with E-state index < -0.39 is 0 Å². The third kappa shape index (κ3) is 4.88. The van der Waals surface area contributed by atoms with E-state index in [0.717, 1.165) is 42.5 Å². The molecule has 1 aliphatic rings. The van der Waals surface area contributed by atoms with Gasteiger partial charge in [0.1, 0.15) is 5.75 Å². The first-order valence-electron chi connectivity index (χ1n) is 8.95. The van der Waals surface area contributed by atoms with Gasteiger partial charge in [0.05, 0.1) is 6.61 Å². The molecule has 0 N–H and O–H groups in total. The lowest BCUT2D eigenvalue weighted by Gasteiger charge is -2.36. The summed E-state index contributed by atoms with van der Waals surface area (Å²) in [6.45, 7) is 5.72. The Kier molecular flexibility index (Phi) is 6.34. The first kappa shape index (κ1) is 18.5. The van der Waals surface area contributed by atoms with Crippen LogP contribution in [0.5, 0.6) is 5.75 Å². The minimum absolute atomic E-state index is 0.204. The lowest BCUT2D eigenvalue weighted by Crippen LogP contribution is -2.48. The van der Waals surface area contributed by atoms with Crippen LogP contribution >= 0.6 is 11.6 Å². The molecule has 3 rings (SSSR count). The van der Waals surface area contributed by atoms with Gasteiger partial charge in [0.25, 0.3) is 0 Å². The number of pyridine rings is 1. The molecule has 138 valence electrons. The van der Waals surface area contributed by atoms with Crippen LogP contribution in [0.25, 0.3) is 0 Å². The second-order valence-corrected chi connectivity index (χ2v) is 6.84. The summed E-state index contributed by atoms with van der Waals surface area (Å²) in [5, 5.41) is 0.735. The number of ether oxygens (including phenoxy) is 1. The SMILES string of the molecule is Cc1cc(OCCCC(=O)N2CCN(c3ccncc3)CC2)ccc1Cl. The molecule has 1 amide bonds. The molecule has 0 radical (unpaired) electrons. The zero-order chi connectivity index (χ0) is 18.4. The van der Waals surface area contributed by atoms with Gasteiger partial charge in [-0.3, -0.25) is 9.78 Å². The zero-order valence-electron chi connectivity index (χ0n) is 15.0. The van der Waals surface area contributed by atoms with Crippen LogP contribution in [0.4, 0.5) is 5.69 Å². The van der Waals surface area contributed by atoms with Crippen molar-refractivity contribution in [3.8, 4) is 5.75 Å². The molecular formula is C20H24ClN3O2.